The Kier molecular flexibility index (Phi) is 8.00. The van der Waals surface area contributed by atoms with Crippen LogP contribution in [0.25, 0.3) is 0 Å². The number of nitrogens with one attached hydrogen (secondary N) is 1. The fourth-order valence-electron chi connectivity index (χ4n) is 3.51. The van der Waals surface area contributed by atoms with E-state index in [0.717, 1.165) is 5.56 Å². The minimum absolute atomic E-state index is 0.0627. The molecular weight excluding hydrogens is 467 g/mol. The summed E-state index contributed by atoms with van der Waals surface area (Å²) in [5.41, 5.74) is 0.430. The van der Waals surface area contributed by atoms with Gasteiger partial charge in [-0.1, -0.05) is 41.4 Å². The van der Waals surface area contributed by atoms with E-state index in [1.54, 1.807) is 47.4 Å². The molecule has 0 saturated carbocycles. The average molecular weight is 491 g/mol. The molecule has 3 aromatic carbocycles. The van der Waals surface area contributed by atoms with E-state index >= 15 is 0 Å². The number of carboxylic acids is 1. The quantitative estimate of drug-likeness (QED) is 0.390. The second-order valence-corrected chi connectivity index (χ2v) is 8.24. The van der Waals surface area contributed by atoms with Gasteiger partial charge in [-0.25, -0.2) is 4.79 Å². The molecule has 33 heavy (non-hydrogen) atoms. The Morgan fingerprint density at radius 1 is 1.03 bits per heavy atom. The predicted molar refractivity (Wildman–Crippen MR) is 131 cm³/mol. The Balaban J connectivity index is 1.69. The summed E-state index contributed by atoms with van der Waals surface area (Å²) < 4.78 is 5.75. The van der Waals surface area contributed by atoms with Gasteiger partial charge in [0.25, 0.3) is 10.9 Å². The van der Waals surface area contributed by atoms with Crippen LogP contribution in [-0.4, -0.2) is 30.2 Å². The summed E-state index contributed by atoms with van der Waals surface area (Å²) in [7, 11) is 0. The average Bonchev–Trinajstić information content (AvgIpc) is 2.80. The zero-order valence-corrected chi connectivity index (χ0v) is 19.7. The number of carbonyl (C=O) groups is 1. The smallest absolute Gasteiger partial charge is 0.326 e. The van der Waals surface area contributed by atoms with Gasteiger partial charge in [-0.15, -0.1) is 0 Å². The molecule has 3 aromatic rings. The second-order valence-electron chi connectivity index (χ2n) is 7.43. The molecule has 0 spiro atoms. The van der Waals surface area contributed by atoms with Crippen LogP contribution in [0.4, 0.5) is 11.4 Å². The van der Waals surface area contributed by atoms with Gasteiger partial charge in [-0.05, 0) is 43.7 Å². The number of rotatable bonds is 11. The first-order valence-corrected chi connectivity index (χ1v) is 11.2. The fourth-order valence-corrected chi connectivity index (χ4v) is 4.02. The maximum Gasteiger partial charge on any atom is 0.326 e. The normalized spacial score (nSPS) is 11.9. The lowest BCUT2D eigenvalue weighted by atomic mass is 10.0. The van der Waals surface area contributed by atoms with Crippen molar-refractivity contribution in [3.63, 3.8) is 0 Å². The number of carboxylic acid groups (broad SMARTS) is 1. The highest BCUT2D eigenvalue weighted by Crippen LogP contribution is 2.26. The molecule has 0 aromatic heterocycles. The number of benzene rings is 2. The highest BCUT2D eigenvalue weighted by atomic mass is 35.5. The van der Waals surface area contributed by atoms with Crippen LogP contribution in [0.3, 0.4) is 0 Å². The lowest BCUT2D eigenvalue weighted by Crippen LogP contribution is -2.45. The summed E-state index contributed by atoms with van der Waals surface area (Å²) >= 11 is 12.3. The Bertz CT molecular complexity index is 1180. The van der Waals surface area contributed by atoms with E-state index in [2.05, 4.69) is 5.32 Å². The van der Waals surface area contributed by atoms with Crippen molar-refractivity contribution in [1.82, 2.24) is 0 Å². The Hall–Kier alpha value is -3.03. The molecule has 0 saturated heterocycles. The zero-order valence-electron chi connectivity index (χ0n) is 18.2. The van der Waals surface area contributed by atoms with E-state index < -0.39 is 22.9 Å². The third-order valence-corrected chi connectivity index (χ3v) is 6.10. The molecule has 0 radical (unpaired) electrons. The minimum atomic E-state index is -1.12. The molecule has 0 heterocycles. The van der Waals surface area contributed by atoms with Crippen LogP contribution in [-0.2, 0) is 17.8 Å². The maximum atomic E-state index is 12.1. The van der Waals surface area contributed by atoms with Gasteiger partial charge in [0.15, 0.2) is 0 Å². The molecule has 1 unspecified atom stereocenters. The number of nitrogens with zero attached hydrogens (tertiary/aromatic N) is 1. The number of hydrogen-bond donors (Lipinski definition) is 2. The van der Waals surface area contributed by atoms with Crippen LogP contribution in [0.15, 0.2) is 52.1 Å². The van der Waals surface area contributed by atoms with E-state index in [4.69, 9.17) is 27.9 Å². The van der Waals surface area contributed by atoms with Crippen molar-refractivity contribution in [3.05, 3.63) is 84.1 Å². The van der Waals surface area contributed by atoms with Gasteiger partial charge in [0.2, 0.25) is 0 Å². The summed E-state index contributed by atoms with van der Waals surface area (Å²) in [5.74, 6) is -0.553. The number of ether oxygens (including phenoxy) is 1. The number of aliphatic carboxylic acids is 1. The van der Waals surface area contributed by atoms with Crippen molar-refractivity contribution >= 4 is 40.5 Å². The molecule has 9 heteroatoms. The molecule has 0 fully saturated rings. The number of hydrogen-bond acceptors (Lipinski definition) is 6. The van der Waals surface area contributed by atoms with Crippen molar-refractivity contribution in [2.75, 3.05) is 23.3 Å². The SMILES string of the molecule is CCN(CC)c1c(NC(Cc2ccc(OCc3c(Cl)cccc3Cl)cc2)C(=O)O)c(=O)c1=O. The van der Waals surface area contributed by atoms with Crippen molar-refractivity contribution in [3.8, 4) is 5.75 Å². The molecule has 0 amide bonds. The summed E-state index contributed by atoms with van der Waals surface area (Å²) in [4.78, 5) is 37.7. The third kappa shape index (κ3) is 5.49. The summed E-state index contributed by atoms with van der Waals surface area (Å²) in [6, 6.07) is 11.1. The van der Waals surface area contributed by atoms with Gasteiger partial charge in [0, 0.05) is 35.1 Å². The largest absolute Gasteiger partial charge is 0.489 e. The molecule has 0 aliphatic rings. The van der Waals surface area contributed by atoms with Crippen LogP contribution in [0.5, 0.6) is 5.75 Å². The predicted octanol–water partition coefficient (Wildman–Crippen LogP) is 4.12. The van der Waals surface area contributed by atoms with E-state index in [1.165, 1.54) is 0 Å². The molecular formula is C24H24Cl2N2O5. The van der Waals surface area contributed by atoms with Gasteiger partial charge in [-0.2, -0.15) is 0 Å². The first-order chi connectivity index (χ1) is 15.8. The van der Waals surface area contributed by atoms with Gasteiger partial charge < -0.3 is 20.1 Å². The van der Waals surface area contributed by atoms with Crippen LogP contribution >= 0.6 is 23.2 Å². The van der Waals surface area contributed by atoms with Crippen LogP contribution in [0, 0.1) is 0 Å². The fraction of sp³-hybridized carbons (Fsp3) is 0.292. The maximum absolute atomic E-state index is 12.1. The molecule has 1 atom stereocenters. The Morgan fingerprint density at radius 3 is 2.18 bits per heavy atom. The molecule has 0 aliphatic carbocycles. The Labute approximate surface area is 201 Å². The van der Waals surface area contributed by atoms with Crippen molar-refractivity contribution in [1.29, 1.82) is 0 Å². The van der Waals surface area contributed by atoms with Gasteiger partial charge in [0.1, 0.15) is 29.8 Å². The van der Waals surface area contributed by atoms with Crippen molar-refractivity contribution in [2.45, 2.75) is 32.9 Å². The van der Waals surface area contributed by atoms with E-state index in [-0.39, 0.29) is 24.4 Å². The van der Waals surface area contributed by atoms with Gasteiger partial charge >= 0.3 is 5.97 Å². The zero-order chi connectivity index (χ0) is 24.1. The van der Waals surface area contributed by atoms with Crippen LogP contribution in [0.1, 0.15) is 25.0 Å². The first kappa shape index (κ1) is 24.6. The topological polar surface area (TPSA) is 95.9 Å². The highest BCUT2D eigenvalue weighted by molar-refractivity contribution is 6.35. The highest BCUT2D eigenvalue weighted by Gasteiger charge is 2.29. The van der Waals surface area contributed by atoms with E-state index in [9.17, 15) is 19.5 Å². The molecule has 174 valence electrons. The Morgan fingerprint density at radius 2 is 1.64 bits per heavy atom. The standard InChI is InChI=1S/C24H24Cl2N2O5/c1-3-28(4-2)21-20(22(29)23(21)30)27-19(24(31)32)12-14-8-10-15(11-9-14)33-13-16-17(25)6-5-7-18(16)26/h5-11,19,27H,3-4,12-13H2,1-2H3,(H,31,32). The van der Waals surface area contributed by atoms with Gasteiger partial charge in [-0.3, -0.25) is 9.59 Å². The van der Waals surface area contributed by atoms with Crippen LogP contribution in [0.2, 0.25) is 10.0 Å². The van der Waals surface area contributed by atoms with Crippen molar-refractivity contribution in [2.24, 2.45) is 0 Å². The molecule has 0 bridgehead atoms. The monoisotopic (exact) mass is 490 g/mol. The molecule has 2 N–H and O–H groups in total. The summed E-state index contributed by atoms with van der Waals surface area (Å²) in [6.45, 7) is 4.99. The number of anilines is 2. The van der Waals surface area contributed by atoms with Crippen molar-refractivity contribution < 1.29 is 14.6 Å². The minimum Gasteiger partial charge on any atom is -0.489 e. The molecule has 7 nitrogen and oxygen atoms in total. The molecule has 3 rings (SSSR count). The lowest BCUT2D eigenvalue weighted by Gasteiger charge is -2.26. The lowest BCUT2D eigenvalue weighted by molar-refractivity contribution is -0.137. The first-order valence-electron chi connectivity index (χ1n) is 10.5. The summed E-state index contributed by atoms with van der Waals surface area (Å²) in [6.07, 6.45) is 0.114. The van der Waals surface area contributed by atoms with Gasteiger partial charge in [0.05, 0.1) is 0 Å². The summed E-state index contributed by atoms with van der Waals surface area (Å²) in [5, 5.41) is 13.5. The molecule has 0 aliphatic heterocycles. The third-order valence-electron chi connectivity index (χ3n) is 5.39. The number of halogens is 2. The van der Waals surface area contributed by atoms with Crippen LogP contribution < -0.4 is 25.8 Å². The van der Waals surface area contributed by atoms with E-state index in [0.29, 0.717) is 34.4 Å². The second kappa shape index (κ2) is 10.7. The van der Waals surface area contributed by atoms with E-state index in [1.807, 2.05) is 13.8 Å².